The van der Waals surface area contributed by atoms with Gasteiger partial charge in [0.2, 0.25) is 5.91 Å². The van der Waals surface area contributed by atoms with Gasteiger partial charge in [-0.2, -0.15) is 0 Å². The van der Waals surface area contributed by atoms with Crippen molar-refractivity contribution in [3.63, 3.8) is 0 Å². The molecule has 1 rings (SSSR count). The largest absolute Gasteiger partial charge is 0.396 e. The highest BCUT2D eigenvalue weighted by atomic mass is 16.3. The number of aliphatic hydroxyl groups is 1. The molecule has 4 N–H and O–H groups in total. The summed E-state index contributed by atoms with van der Waals surface area (Å²) >= 11 is 0. The van der Waals surface area contributed by atoms with E-state index in [4.69, 9.17) is 10.8 Å². The molecule has 0 spiro atoms. The summed E-state index contributed by atoms with van der Waals surface area (Å²) in [6.07, 6.45) is 2.03. The molecule has 0 aromatic carbocycles. The van der Waals surface area contributed by atoms with Gasteiger partial charge >= 0.3 is 0 Å². The van der Waals surface area contributed by atoms with Crippen LogP contribution >= 0.6 is 0 Å². The van der Waals surface area contributed by atoms with E-state index in [0.29, 0.717) is 13.1 Å². The van der Waals surface area contributed by atoms with E-state index >= 15 is 0 Å². The van der Waals surface area contributed by atoms with E-state index in [9.17, 15) is 4.79 Å². The zero-order valence-electron chi connectivity index (χ0n) is 8.05. The van der Waals surface area contributed by atoms with Gasteiger partial charge < -0.3 is 16.2 Å². The number of amides is 1. The highest BCUT2D eigenvalue weighted by Gasteiger charge is 2.42. The van der Waals surface area contributed by atoms with E-state index in [0.717, 1.165) is 12.8 Å². The summed E-state index contributed by atoms with van der Waals surface area (Å²) in [5, 5.41) is 11.8. The molecule has 1 atom stereocenters. The molecule has 0 bridgehead atoms. The van der Waals surface area contributed by atoms with E-state index in [2.05, 4.69) is 5.32 Å². The van der Waals surface area contributed by atoms with Crippen molar-refractivity contribution in [2.24, 2.45) is 17.1 Å². The summed E-state index contributed by atoms with van der Waals surface area (Å²) in [6, 6.07) is 0. The minimum absolute atomic E-state index is 0.00994. The fourth-order valence-electron chi connectivity index (χ4n) is 1.12. The van der Waals surface area contributed by atoms with Crippen LogP contribution in [0.4, 0.5) is 0 Å². The van der Waals surface area contributed by atoms with Crippen LogP contribution in [0.2, 0.25) is 0 Å². The third-order valence-corrected chi connectivity index (χ3v) is 2.73. The van der Waals surface area contributed by atoms with Crippen LogP contribution in [0.25, 0.3) is 0 Å². The zero-order chi connectivity index (χ0) is 9.90. The number of carbonyl (C=O) groups is 1. The standard InChI is InChI=1S/C9H18N2O2/c1-7(4-10)8(13)11-5-9(6-12)2-3-9/h7,12H,2-6,10H2,1H3,(H,11,13). The van der Waals surface area contributed by atoms with Gasteiger partial charge in [0.25, 0.3) is 0 Å². The summed E-state index contributed by atoms with van der Waals surface area (Å²) < 4.78 is 0. The molecule has 0 heterocycles. The van der Waals surface area contributed by atoms with Crippen molar-refractivity contribution in [1.82, 2.24) is 5.32 Å². The second-order valence-corrected chi connectivity index (χ2v) is 4.01. The van der Waals surface area contributed by atoms with Crippen molar-refractivity contribution >= 4 is 5.91 Å². The summed E-state index contributed by atoms with van der Waals surface area (Å²) in [5.74, 6) is -0.142. The van der Waals surface area contributed by atoms with Crippen molar-refractivity contribution in [3.05, 3.63) is 0 Å². The number of hydrogen-bond donors (Lipinski definition) is 3. The molecule has 1 unspecified atom stereocenters. The smallest absolute Gasteiger partial charge is 0.224 e. The van der Waals surface area contributed by atoms with E-state index in [1.807, 2.05) is 0 Å². The fraction of sp³-hybridized carbons (Fsp3) is 0.889. The van der Waals surface area contributed by atoms with Gasteiger partial charge in [-0.25, -0.2) is 0 Å². The van der Waals surface area contributed by atoms with Crippen LogP contribution in [0.1, 0.15) is 19.8 Å². The first-order chi connectivity index (χ1) is 6.13. The molecule has 0 aliphatic heterocycles. The predicted molar refractivity (Wildman–Crippen MR) is 50.0 cm³/mol. The molecule has 4 heteroatoms. The van der Waals surface area contributed by atoms with E-state index in [-0.39, 0.29) is 23.8 Å². The number of nitrogens with one attached hydrogen (secondary N) is 1. The van der Waals surface area contributed by atoms with E-state index in [1.54, 1.807) is 6.92 Å². The van der Waals surface area contributed by atoms with Gasteiger partial charge in [-0.1, -0.05) is 6.92 Å². The first kappa shape index (κ1) is 10.5. The van der Waals surface area contributed by atoms with E-state index in [1.165, 1.54) is 0 Å². The average Bonchev–Trinajstić information content (AvgIpc) is 2.93. The Balaban J connectivity index is 2.22. The quantitative estimate of drug-likeness (QED) is 0.540. The maximum absolute atomic E-state index is 11.3. The lowest BCUT2D eigenvalue weighted by atomic mass is 10.1. The minimum Gasteiger partial charge on any atom is -0.396 e. The molecule has 1 aliphatic rings. The molecule has 0 saturated heterocycles. The average molecular weight is 186 g/mol. The minimum atomic E-state index is -0.130. The first-order valence-corrected chi connectivity index (χ1v) is 4.72. The lowest BCUT2D eigenvalue weighted by molar-refractivity contribution is -0.124. The van der Waals surface area contributed by atoms with Gasteiger partial charge in [-0.05, 0) is 12.8 Å². The molecule has 13 heavy (non-hydrogen) atoms. The Kier molecular flexibility index (Phi) is 3.27. The SMILES string of the molecule is CC(CN)C(=O)NCC1(CO)CC1. The monoisotopic (exact) mass is 186 g/mol. The van der Waals surface area contributed by atoms with Gasteiger partial charge in [0, 0.05) is 24.4 Å². The van der Waals surface area contributed by atoms with Gasteiger partial charge in [-0.15, -0.1) is 0 Å². The Morgan fingerprint density at radius 2 is 2.31 bits per heavy atom. The van der Waals surface area contributed by atoms with Crippen LogP contribution in [0.5, 0.6) is 0 Å². The van der Waals surface area contributed by atoms with Gasteiger partial charge in [-0.3, -0.25) is 4.79 Å². The van der Waals surface area contributed by atoms with Crippen molar-refractivity contribution < 1.29 is 9.90 Å². The molecule has 76 valence electrons. The van der Waals surface area contributed by atoms with Crippen molar-refractivity contribution in [2.75, 3.05) is 19.7 Å². The van der Waals surface area contributed by atoms with Crippen LogP contribution < -0.4 is 11.1 Å². The van der Waals surface area contributed by atoms with Crippen LogP contribution in [-0.4, -0.2) is 30.7 Å². The van der Waals surface area contributed by atoms with Crippen LogP contribution in [0.15, 0.2) is 0 Å². The third-order valence-electron chi connectivity index (χ3n) is 2.73. The van der Waals surface area contributed by atoms with Crippen LogP contribution in [-0.2, 0) is 4.79 Å². The third kappa shape index (κ3) is 2.67. The van der Waals surface area contributed by atoms with E-state index < -0.39 is 0 Å². The normalized spacial score (nSPS) is 20.8. The predicted octanol–water partition coefficient (Wildman–Crippen LogP) is -0.530. The maximum Gasteiger partial charge on any atom is 0.224 e. The van der Waals surface area contributed by atoms with Crippen molar-refractivity contribution in [2.45, 2.75) is 19.8 Å². The molecule has 1 saturated carbocycles. The van der Waals surface area contributed by atoms with Crippen molar-refractivity contribution in [3.8, 4) is 0 Å². The molecular formula is C9H18N2O2. The summed E-state index contributed by atoms with van der Waals surface area (Å²) in [6.45, 7) is 2.93. The molecule has 0 aromatic rings. The van der Waals surface area contributed by atoms with Gasteiger partial charge in [0.1, 0.15) is 0 Å². The van der Waals surface area contributed by atoms with Crippen molar-refractivity contribution in [1.29, 1.82) is 0 Å². The summed E-state index contributed by atoms with van der Waals surface area (Å²) in [7, 11) is 0. The summed E-state index contributed by atoms with van der Waals surface area (Å²) in [5.41, 5.74) is 5.34. The Hall–Kier alpha value is -0.610. The molecule has 0 radical (unpaired) electrons. The molecule has 4 nitrogen and oxygen atoms in total. The zero-order valence-corrected chi connectivity index (χ0v) is 8.05. The lowest BCUT2D eigenvalue weighted by Crippen LogP contribution is -2.37. The Bertz CT molecular complexity index is 190. The first-order valence-electron chi connectivity index (χ1n) is 4.72. The Morgan fingerprint density at radius 1 is 1.69 bits per heavy atom. The summed E-state index contributed by atoms with van der Waals surface area (Å²) in [4.78, 5) is 11.3. The van der Waals surface area contributed by atoms with Gasteiger partial charge in [0.05, 0.1) is 6.61 Å². The Morgan fingerprint density at radius 3 is 2.69 bits per heavy atom. The number of carbonyl (C=O) groups excluding carboxylic acids is 1. The number of nitrogens with two attached hydrogens (primary N) is 1. The molecule has 1 amide bonds. The number of aliphatic hydroxyl groups excluding tert-OH is 1. The highest BCUT2D eigenvalue weighted by Crippen LogP contribution is 2.44. The van der Waals surface area contributed by atoms with Gasteiger partial charge in [0.15, 0.2) is 0 Å². The second-order valence-electron chi connectivity index (χ2n) is 4.01. The highest BCUT2D eigenvalue weighted by molar-refractivity contribution is 5.78. The molecular weight excluding hydrogens is 168 g/mol. The maximum atomic E-state index is 11.3. The fourth-order valence-corrected chi connectivity index (χ4v) is 1.12. The van der Waals surface area contributed by atoms with Crippen LogP contribution in [0.3, 0.4) is 0 Å². The second kappa shape index (κ2) is 4.07. The lowest BCUT2D eigenvalue weighted by Gasteiger charge is -2.14. The Labute approximate surface area is 78.5 Å². The molecule has 0 aromatic heterocycles. The van der Waals surface area contributed by atoms with Crippen LogP contribution in [0, 0.1) is 11.3 Å². The number of hydrogen-bond acceptors (Lipinski definition) is 3. The molecule has 1 fully saturated rings. The topological polar surface area (TPSA) is 75.4 Å². The number of rotatable bonds is 5. The molecule has 1 aliphatic carbocycles.